The minimum Gasteiger partial charge on any atom is -0.399 e. The van der Waals surface area contributed by atoms with Crippen LogP contribution in [0.4, 0.5) is 21.5 Å². The van der Waals surface area contributed by atoms with Crippen molar-refractivity contribution in [1.29, 1.82) is 5.26 Å². The first-order valence-corrected chi connectivity index (χ1v) is 5.41. The van der Waals surface area contributed by atoms with Gasteiger partial charge in [-0.25, -0.2) is 4.39 Å². The van der Waals surface area contributed by atoms with Gasteiger partial charge in [-0.1, -0.05) is 12.1 Å². The Hall–Kier alpha value is -2.54. The second kappa shape index (κ2) is 4.76. The van der Waals surface area contributed by atoms with Crippen LogP contribution >= 0.6 is 0 Å². The highest BCUT2D eigenvalue weighted by Crippen LogP contribution is 2.29. The molecular formula is C14H12FN3. The van der Waals surface area contributed by atoms with Crippen molar-refractivity contribution in [2.45, 2.75) is 0 Å². The monoisotopic (exact) mass is 241 g/mol. The fourth-order valence-electron chi connectivity index (χ4n) is 1.79. The predicted molar refractivity (Wildman–Crippen MR) is 70.0 cm³/mol. The van der Waals surface area contributed by atoms with Crippen LogP contribution in [-0.4, -0.2) is 7.05 Å². The molecule has 0 radical (unpaired) electrons. The van der Waals surface area contributed by atoms with Gasteiger partial charge in [0.1, 0.15) is 11.9 Å². The highest BCUT2D eigenvalue weighted by Gasteiger charge is 2.12. The van der Waals surface area contributed by atoms with Crippen molar-refractivity contribution >= 4 is 17.1 Å². The Labute approximate surface area is 105 Å². The van der Waals surface area contributed by atoms with E-state index in [1.54, 1.807) is 42.3 Å². The predicted octanol–water partition coefficient (Wildman–Crippen LogP) is 3.05. The third kappa shape index (κ3) is 2.11. The lowest BCUT2D eigenvalue weighted by Gasteiger charge is -2.21. The molecule has 2 N–H and O–H groups in total. The van der Waals surface area contributed by atoms with Crippen LogP contribution in [0.2, 0.25) is 0 Å². The lowest BCUT2D eigenvalue weighted by Crippen LogP contribution is -2.12. The topological polar surface area (TPSA) is 53.0 Å². The first-order chi connectivity index (χ1) is 8.63. The van der Waals surface area contributed by atoms with Crippen molar-refractivity contribution in [2.75, 3.05) is 17.7 Å². The Morgan fingerprint density at radius 3 is 2.56 bits per heavy atom. The van der Waals surface area contributed by atoms with Gasteiger partial charge >= 0.3 is 0 Å². The molecule has 4 heteroatoms. The summed E-state index contributed by atoms with van der Waals surface area (Å²) in [5.41, 5.74) is 7.42. The van der Waals surface area contributed by atoms with Gasteiger partial charge in [-0.2, -0.15) is 5.26 Å². The van der Waals surface area contributed by atoms with E-state index in [4.69, 9.17) is 11.0 Å². The van der Waals surface area contributed by atoms with Crippen LogP contribution in [0.5, 0.6) is 0 Å². The fourth-order valence-corrected chi connectivity index (χ4v) is 1.79. The summed E-state index contributed by atoms with van der Waals surface area (Å²) in [4.78, 5) is 1.63. The maximum atomic E-state index is 13.8. The van der Waals surface area contributed by atoms with Crippen molar-refractivity contribution in [3.63, 3.8) is 0 Å². The average Bonchev–Trinajstić information content (AvgIpc) is 2.38. The third-order valence-electron chi connectivity index (χ3n) is 2.72. The van der Waals surface area contributed by atoms with Gasteiger partial charge in [0, 0.05) is 12.7 Å². The first-order valence-electron chi connectivity index (χ1n) is 5.41. The molecular weight excluding hydrogens is 229 g/mol. The number of para-hydroxylation sites is 1. The van der Waals surface area contributed by atoms with E-state index in [1.165, 1.54) is 6.07 Å². The van der Waals surface area contributed by atoms with Gasteiger partial charge in [0.25, 0.3) is 0 Å². The average molecular weight is 241 g/mol. The SMILES string of the molecule is CN(c1ccc(N)cc1F)c1ccccc1C#N. The summed E-state index contributed by atoms with van der Waals surface area (Å²) in [6, 6.07) is 13.6. The minimum atomic E-state index is -0.412. The van der Waals surface area contributed by atoms with Crippen molar-refractivity contribution in [3.05, 3.63) is 53.8 Å². The van der Waals surface area contributed by atoms with E-state index >= 15 is 0 Å². The summed E-state index contributed by atoms with van der Waals surface area (Å²) in [6.07, 6.45) is 0. The Balaban J connectivity index is 2.48. The Morgan fingerprint density at radius 2 is 1.89 bits per heavy atom. The van der Waals surface area contributed by atoms with E-state index in [1.807, 2.05) is 6.07 Å². The van der Waals surface area contributed by atoms with E-state index in [9.17, 15) is 4.39 Å². The maximum Gasteiger partial charge on any atom is 0.148 e. The number of anilines is 3. The van der Waals surface area contributed by atoms with E-state index < -0.39 is 5.82 Å². The number of hydrogen-bond acceptors (Lipinski definition) is 3. The van der Waals surface area contributed by atoms with Gasteiger partial charge in [0.2, 0.25) is 0 Å². The molecule has 2 aromatic rings. The van der Waals surface area contributed by atoms with Crippen LogP contribution in [-0.2, 0) is 0 Å². The van der Waals surface area contributed by atoms with Gasteiger partial charge < -0.3 is 10.6 Å². The maximum absolute atomic E-state index is 13.8. The lowest BCUT2D eigenvalue weighted by molar-refractivity contribution is 0.628. The Morgan fingerprint density at radius 1 is 1.17 bits per heavy atom. The molecule has 3 nitrogen and oxygen atoms in total. The number of nitrogen functional groups attached to an aromatic ring is 1. The summed E-state index contributed by atoms with van der Waals surface area (Å²) in [7, 11) is 1.71. The molecule has 0 aliphatic carbocycles. The van der Waals surface area contributed by atoms with Gasteiger partial charge in [-0.3, -0.25) is 0 Å². The van der Waals surface area contributed by atoms with E-state index in [2.05, 4.69) is 6.07 Å². The first kappa shape index (κ1) is 11.9. The summed E-state index contributed by atoms with van der Waals surface area (Å²) in [5, 5.41) is 9.04. The van der Waals surface area contributed by atoms with Crippen LogP contribution in [0.1, 0.15) is 5.56 Å². The fraction of sp³-hybridized carbons (Fsp3) is 0.0714. The number of rotatable bonds is 2. The largest absolute Gasteiger partial charge is 0.399 e. The zero-order valence-electron chi connectivity index (χ0n) is 9.89. The van der Waals surface area contributed by atoms with Gasteiger partial charge in [-0.15, -0.1) is 0 Å². The molecule has 2 rings (SSSR count). The van der Waals surface area contributed by atoms with Crippen molar-refractivity contribution < 1.29 is 4.39 Å². The van der Waals surface area contributed by atoms with E-state index in [0.29, 0.717) is 22.6 Å². The second-order valence-electron chi connectivity index (χ2n) is 3.90. The second-order valence-corrected chi connectivity index (χ2v) is 3.90. The molecule has 0 unspecified atom stereocenters. The Kier molecular flexibility index (Phi) is 3.16. The molecule has 18 heavy (non-hydrogen) atoms. The van der Waals surface area contributed by atoms with Gasteiger partial charge in [0.15, 0.2) is 0 Å². The molecule has 2 aromatic carbocycles. The Bertz CT molecular complexity index is 617. The van der Waals surface area contributed by atoms with E-state index in [-0.39, 0.29) is 0 Å². The number of benzene rings is 2. The number of halogens is 1. The third-order valence-corrected chi connectivity index (χ3v) is 2.72. The molecule has 0 fully saturated rings. The summed E-state index contributed by atoms with van der Waals surface area (Å²) >= 11 is 0. The highest BCUT2D eigenvalue weighted by molar-refractivity contribution is 5.70. The lowest BCUT2D eigenvalue weighted by atomic mass is 10.1. The van der Waals surface area contributed by atoms with Gasteiger partial charge in [0.05, 0.1) is 16.9 Å². The van der Waals surface area contributed by atoms with Gasteiger partial charge in [-0.05, 0) is 30.3 Å². The normalized spacial score (nSPS) is 9.83. The molecule has 0 aliphatic heterocycles. The summed E-state index contributed by atoms with van der Waals surface area (Å²) in [6.45, 7) is 0. The molecule has 0 amide bonds. The van der Waals surface area contributed by atoms with Crippen LogP contribution in [0.25, 0.3) is 0 Å². The zero-order valence-corrected chi connectivity index (χ0v) is 9.89. The molecule has 0 aromatic heterocycles. The zero-order chi connectivity index (χ0) is 13.1. The molecule has 0 saturated heterocycles. The highest BCUT2D eigenvalue weighted by atomic mass is 19.1. The molecule has 0 atom stereocenters. The smallest absolute Gasteiger partial charge is 0.148 e. The van der Waals surface area contributed by atoms with Crippen molar-refractivity contribution in [3.8, 4) is 6.07 Å². The number of hydrogen-bond donors (Lipinski definition) is 1. The van der Waals surface area contributed by atoms with Crippen LogP contribution in [0.3, 0.4) is 0 Å². The summed E-state index contributed by atoms with van der Waals surface area (Å²) in [5.74, 6) is -0.412. The number of nitrogens with zero attached hydrogens (tertiary/aromatic N) is 2. The number of nitrogens with two attached hydrogens (primary N) is 1. The molecule has 0 bridgehead atoms. The molecule has 90 valence electrons. The van der Waals surface area contributed by atoms with E-state index in [0.717, 1.165) is 0 Å². The minimum absolute atomic E-state index is 0.373. The van der Waals surface area contributed by atoms with Crippen LogP contribution < -0.4 is 10.6 Å². The molecule has 0 aliphatic rings. The molecule has 0 spiro atoms. The van der Waals surface area contributed by atoms with Crippen molar-refractivity contribution in [2.24, 2.45) is 0 Å². The molecule has 0 heterocycles. The van der Waals surface area contributed by atoms with Crippen LogP contribution in [0, 0.1) is 17.1 Å². The van der Waals surface area contributed by atoms with Crippen LogP contribution in [0.15, 0.2) is 42.5 Å². The quantitative estimate of drug-likeness (QED) is 0.822. The van der Waals surface area contributed by atoms with Crippen molar-refractivity contribution in [1.82, 2.24) is 0 Å². The standard InChI is InChI=1S/C14H12FN3/c1-18(13-5-3-2-4-10(13)9-16)14-7-6-11(17)8-12(14)15/h2-8H,17H2,1H3. The number of nitriles is 1. The molecule has 0 saturated carbocycles. The summed E-state index contributed by atoms with van der Waals surface area (Å²) < 4.78 is 13.8.